The lowest BCUT2D eigenvalue weighted by atomic mass is 10.0. The predicted octanol–water partition coefficient (Wildman–Crippen LogP) is 1.84. The van der Waals surface area contributed by atoms with Gasteiger partial charge in [-0.1, -0.05) is 16.9 Å². The molecule has 10 heteroatoms. The van der Waals surface area contributed by atoms with Crippen LogP contribution in [0.15, 0.2) is 29.4 Å². The van der Waals surface area contributed by atoms with Crippen molar-refractivity contribution in [2.45, 2.75) is 43.5 Å². The molecule has 162 valence electrons. The first-order valence-electron chi connectivity index (χ1n) is 9.19. The molecule has 1 unspecified atom stereocenters. The van der Waals surface area contributed by atoms with Crippen molar-refractivity contribution in [1.29, 1.82) is 0 Å². The van der Waals surface area contributed by atoms with Crippen LogP contribution in [-0.2, 0) is 23.9 Å². The molecule has 0 aliphatic carbocycles. The van der Waals surface area contributed by atoms with Gasteiger partial charge in [-0.15, -0.1) is 0 Å². The van der Waals surface area contributed by atoms with E-state index in [1.807, 2.05) is 32.0 Å². The SMILES string of the molecule is CC(=O)COCCOCCNC(=O)C(NC(C)=O)C(C)(C)SSc1ccccn1. The number of carbonyl (C=O) groups excluding carboxylic acids is 3. The molecule has 0 radical (unpaired) electrons. The second-order valence-electron chi connectivity index (χ2n) is 6.73. The molecule has 0 saturated heterocycles. The number of hydrogen-bond donors (Lipinski definition) is 2. The maximum atomic E-state index is 12.7. The highest BCUT2D eigenvalue weighted by Gasteiger charge is 2.37. The summed E-state index contributed by atoms with van der Waals surface area (Å²) in [4.78, 5) is 39.3. The van der Waals surface area contributed by atoms with Crippen LogP contribution in [0.5, 0.6) is 0 Å². The molecule has 1 aromatic heterocycles. The van der Waals surface area contributed by atoms with E-state index >= 15 is 0 Å². The molecule has 8 nitrogen and oxygen atoms in total. The van der Waals surface area contributed by atoms with Gasteiger partial charge >= 0.3 is 0 Å². The second kappa shape index (κ2) is 13.6. The van der Waals surface area contributed by atoms with E-state index in [0.29, 0.717) is 26.4 Å². The molecule has 29 heavy (non-hydrogen) atoms. The number of hydrogen-bond acceptors (Lipinski definition) is 8. The Bertz CT molecular complexity index is 659. The van der Waals surface area contributed by atoms with E-state index in [2.05, 4.69) is 15.6 Å². The van der Waals surface area contributed by atoms with Crippen molar-refractivity contribution in [2.24, 2.45) is 0 Å². The van der Waals surface area contributed by atoms with Crippen LogP contribution in [0.2, 0.25) is 0 Å². The molecule has 0 aliphatic heterocycles. The molecule has 2 N–H and O–H groups in total. The number of rotatable bonds is 14. The highest BCUT2D eigenvalue weighted by molar-refractivity contribution is 8.77. The Morgan fingerprint density at radius 2 is 1.86 bits per heavy atom. The number of Topliss-reactive ketones (excluding diaryl/α,β-unsaturated/α-hetero) is 1. The van der Waals surface area contributed by atoms with Crippen LogP contribution in [0.1, 0.15) is 27.7 Å². The second-order valence-corrected chi connectivity index (χ2v) is 9.53. The highest BCUT2D eigenvalue weighted by Crippen LogP contribution is 2.41. The first-order valence-corrected chi connectivity index (χ1v) is 11.3. The van der Waals surface area contributed by atoms with Gasteiger partial charge in [-0.25, -0.2) is 4.98 Å². The number of aromatic nitrogens is 1. The molecular formula is C19H29N3O5S2. The van der Waals surface area contributed by atoms with Gasteiger partial charge in [-0.05, 0) is 43.7 Å². The van der Waals surface area contributed by atoms with Crippen molar-refractivity contribution < 1.29 is 23.9 Å². The Morgan fingerprint density at radius 1 is 1.14 bits per heavy atom. The van der Waals surface area contributed by atoms with Gasteiger partial charge in [0.05, 0.1) is 24.6 Å². The Labute approximate surface area is 179 Å². The van der Waals surface area contributed by atoms with Crippen LogP contribution in [0.25, 0.3) is 0 Å². The summed E-state index contributed by atoms with van der Waals surface area (Å²) in [5, 5.41) is 6.35. The van der Waals surface area contributed by atoms with Crippen molar-refractivity contribution in [3.63, 3.8) is 0 Å². The number of pyridine rings is 1. The molecule has 0 spiro atoms. The third-order valence-corrected chi connectivity index (χ3v) is 6.72. The summed E-state index contributed by atoms with van der Waals surface area (Å²) in [5.74, 6) is -0.598. The Hall–Kier alpha value is -1.62. The molecule has 1 atom stereocenters. The maximum absolute atomic E-state index is 12.7. The van der Waals surface area contributed by atoms with Gasteiger partial charge in [0.2, 0.25) is 11.8 Å². The van der Waals surface area contributed by atoms with Crippen LogP contribution in [-0.4, -0.2) is 66.3 Å². The highest BCUT2D eigenvalue weighted by atomic mass is 33.1. The molecule has 1 heterocycles. The lowest BCUT2D eigenvalue weighted by molar-refractivity contribution is -0.128. The molecule has 0 aliphatic rings. The molecular weight excluding hydrogens is 414 g/mol. The summed E-state index contributed by atoms with van der Waals surface area (Å²) >= 11 is 0. The monoisotopic (exact) mass is 443 g/mol. The molecule has 2 amide bonds. The maximum Gasteiger partial charge on any atom is 0.244 e. The Kier molecular flexibility index (Phi) is 11.9. The van der Waals surface area contributed by atoms with Gasteiger partial charge in [-0.2, -0.15) is 0 Å². The summed E-state index contributed by atoms with van der Waals surface area (Å²) in [7, 11) is 2.92. The summed E-state index contributed by atoms with van der Waals surface area (Å²) in [6.45, 7) is 7.97. The Morgan fingerprint density at radius 3 is 2.48 bits per heavy atom. The number of amides is 2. The van der Waals surface area contributed by atoms with Crippen LogP contribution in [0, 0.1) is 0 Å². The molecule has 0 bridgehead atoms. The van der Waals surface area contributed by atoms with Gasteiger partial charge in [0.1, 0.15) is 17.7 Å². The topological polar surface area (TPSA) is 107 Å². The number of ketones is 1. The van der Waals surface area contributed by atoms with E-state index in [-0.39, 0.29) is 24.2 Å². The molecule has 0 saturated carbocycles. The third kappa shape index (κ3) is 11.2. The molecule has 0 aromatic carbocycles. The van der Waals surface area contributed by atoms with Gasteiger partial charge in [0.15, 0.2) is 5.78 Å². The quantitative estimate of drug-likeness (QED) is 0.331. The minimum Gasteiger partial charge on any atom is -0.377 e. The van der Waals surface area contributed by atoms with E-state index in [1.165, 1.54) is 35.4 Å². The fraction of sp³-hybridized carbons (Fsp3) is 0.579. The van der Waals surface area contributed by atoms with Crippen LogP contribution in [0.3, 0.4) is 0 Å². The molecule has 0 fully saturated rings. The van der Waals surface area contributed by atoms with Gasteiger partial charge in [-0.3, -0.25) is 14.4 Å². The smallest absolute Gasteiger partial charge is 0.244 e. The van der Waals surface area contributed by atoms with Crippen LogP contribution < -0.4 is 10.6 Å². The average Bonchev–Trinajstić information content (AvgIpc) is 2.67. The number of carbonyl (C=O) groups is 3. The average molecular weight is 444 g/mol. The number of ether oxygens (including phenoxy) is 2. The zero-order chi connectivity index (χ0) is 21.7. The summed E-state index contributed by atoms with van der Waals surface area (Å²) in [5.41, 5.74) is 0. The van der Waals surface area contributed by atoms with E-state index < -0.39 is 10.8 Å². The normalized spacial score (nSPS) is 12.3. The largest absolute Gasteiger partial charge is 0.377 e. The minimum absolute atomic E-state index is 0.0389. The lowest BCUT2D eigenvalue weighted by Gasteiger charge is -2.32. The van der Waals surface area contributed by atoms with Gasteiger partial charge < -0.3 is 20.1 Å². The van der Waals surface area contributed by atoms with Crippen LogP contribution >= 0.6 is 21.6 Å². The van der Waals surface area contributed by atoms with Crippen molar-refractivity contribution in [2.75, 3.05) is 33.0 Å². The summed E-state index contributed by atoms with van der Waals surface area (Å²) < 4.78 is 9.87. The predicted molar refractivity (Wildman–Crippen MR) is 115 cm³/mol. The van der Waals surface area contributed by atoms with Crippen molar-refractivity contribution in [3.05, 3.63) is 24.4 Å². The van der Waals surface area contributed by atoms with Crippen molar-refractivity contribution >= 4 is 39.2 Å². The third-order valence-electron chi connectivity index (χ3n) is 3.51. The van der Waals surface area contributed by atoms with E-state index in [1.54, 1.807) is 6.20 Å². The fourth-order valence-electron chi connectivity index (χ4n) is 2.14. The Balaban J connectivity index is 2.45. The minimum atomic E-state index is -0.722. The first-order chi connectivity index (χ1) is 13.7. The van der Waals surface area contributed by atoms with Gasteiger partial charge in [0.25, 0.3) is 0 Å². The van der Waals surface area contributed by atoms with Crippen molar-refractivity contribution in [1.82, 2.24) is 15.6 Å². The fourth-order valence-corrected chi connectivity index (χ4v) is 4.42. The van der Waals surface area contributed by atoms with Gasteiger partial charge in [0, 0.05) is 19.7 Å². The number of nitrogens with zero attached hydrogens (tertiary/aromatic N) is 1. The standard InChI is InChI=1S/C19H29N3O5S2/c1-14(23)13-27-12-11-26-10-9-21-18(25)17(22-15(2)24)19(3,4)29-28-16-7-5-6-8-20-16/h5-8,17H,9-13H2,1-4H3,(H,21,25)(H,22,24). The van der Waals surface area contributed by atoms with E-state index in [9.17, 15) is 14.4 Å². The summed E-state index contributed by atoms with van der Waals surface area (Å²) in [6.07, 6.45) is 1.71. The van der Waals surface area contributed by atoms with Crippen molar-refractivity contribution in [3.8, 4) is 0 Å². The molecule has 1 rings (SSSR count). The lowest BCUT2D eigenvalue weighted by Crippen LogP contribution is -2.56. The van der Waals surface area contributed by atoms with E-state index in [0.717, 1.165) is 5.03 Å². The van der Waals surface area contributed by atoms with E-state index in [4.69, 9.17) is 9.47 Å². The first kappa shape index (κ1) is 25.4. The number of nitrogens with one attached hydrogen (secondary N) is 2. The van der Waals surface area contributed by atoms with Crippen LogP contribution in [0.4, 0.5) is 0 Å². The summed E-state index contributed by atoms with van der Waals surface area (Å²) in [6, 6.07) is 4.90. The zero-order valence-corrected chi connectivity index (χ0v) is 18.9. The molecule has 1 aromatic rings. The zero-order valence-electron chi connectivity index (χ0n) is 17.2.